The van der Waals surface area contributed by atoms with Crippen LogP contribution in [0.2, 0.25) is 0 Å². The van der Waals surface area contributed by atoms with Crippen LogP contribution >= 0.6 is 11.3 Å². The smallest absolute Gasteiger partial charge is 0.310 e. The van der Waals surface area contributed by atoms with Crippen molar-refractivity contribution >= 4 is 34.0 Å². The summed E-state index contributed by atoms with van der Waals surface area (Å²) in [7, 11) is 0. The maximum Gasteiger partial charge on any atom is 0.310 e. The molecule has 1 aromatic carbocycles. The van der Waals surface area contributed by atoms with Crippen LogP contribution in [0, 0.1) is 5.41 Å². The molecule has 24 heavy (non-hydrogen) atoms. The zero-order chi connectivity index (χ0) is 16.7. The Morgan fingerprint density at radius 3 is 2.83 bits per heavy atom. The van der Waals surface area contributed by atoms with Crippen molar-refractivity contribution < 1.29 is 14.7 Å². The van der Waals surface area contributed by atoms with Crippen LogP contribution in [-0.2, 0) is 22.7 Å². The first-order valence-corrected chi connectivity index (χ1v) is 8.74. The van der Waals surface area contributed by atoms with Crippen LogP contribution in [0.1, 0.15) is 30.4 Å². The summed E-state index contributed by atoms with van der Waals surface area (Å²) in [5, 5.41) is 15.0. The molecule has 0 unspecified atom stereocenters. The number of benzene rings is 1. The van der Waals surface area contributed by atoms with Crippen molar-refractivity contribution in [2.75, 3.05) is 10.2 Å². The summed E-state index contributed by atoms with van der Waals surface area (Å²) in [6, 6.07) is 5.85. The van der Waals surface area contributed by atoms with E-state index in [0.717, 1.165) is 22.9 Å². The number of anilines is 2. The molecule has 1 aromatic heterocycles. The number of carbonyl (C=O) groups excluding carboxylic acids is 1. The second-order valence-corrected chi connectivity index (χ2v) is 7.30. The molecule has 1 aliphatic carbocycles. The molecular formula is C17H17N3O3S. The monoisotopic (exact) mass is 343 g/mol. The van der Waals surface area contributed by atoms with E-state index in [4.69, 9.17) is 0 Å². The quantitative estimate of drug-likeness (QED) is 0.872. The summed E-state index contributed by atoms with van der Waals surface area (Å²) in [5.41, 5.74) is 2.19. The van der Waals surface area contributed by atoms with E-state index in [9.17, 15) is 14.7 Å². The molecule has 1 saturated carbocycles. The molecule has 6 nitrogen and oxygen atoms in total. The van der Waals surface area contributed by atoms with Crippen LogP contribution in [-0.4, -0.2) is 22.0 Å². The van der Waals surface area contributed by atoms with E-state index >= 15 is 0 Å². The van der Waals surface area contributed by atoms with Gasteiger partial charge in [-0.15, -0.1) is 11.3 Å². The SMILES string of the molecule is O=C(CC1(C(=O)O)CC1)Nc1cccc2c1CN(c1nccs1)C2. The van der Waals surface area contributed by atoms with Crippen LogP contribution in [0.3, 0.4) is 0 Å². The highest BCUT2D eigenvalue weighted by Crippen LogP contribution is 2.49. The standard InChI is InChI=1S/C17H17N3O3S/c21-14(8-17(4-5-17)15(22)23)19-13-3-1-2-11-9-20(10-12(11)13)16-18-6-7-24-16/h1-3,6-7H,4-5,8-10H2,(H,19,21)(H,22,23). The molecule has 0 radical (unpaired) electrons. The predicted octanol–water partition coefficient (Wildman–Crippen LogP) is 2.86. The number of carboxylic acids is 1. The average Bonchev–Trinajstić information content (AvgIpc) is 3.00. The molecular weight excluding hydrogens is 326 g/mol. The van der Waals surface area contributed by atoms with Crippen molar-refractivity contribution in [2.24, 2.45) is 5.41 Å². The Bertz CT molecular complexity index is 799. The summed E-state index contributed by atoms with van der Waals surface area (Å²) in [4.78, 5) is 30.0. The molecule has 0 spiro atoms. The Labute approximate surface area is 143 Å². The number of hydrogen-bond acceptors (Lipinski definition) is 5. The van der Waals surface area contributed by atoms with E-state index in [1.807, 2.05) is 17.5 Å². The fraction of sp³-hybridized carbons (Fsp3) is 0.353. The highest BCUT2D eigenvalue weighted by atomic mass is 32.1. The van der Waals surface area contributed by atoms with Crippen LogP contribution < -0.4 is 10.2 Å². The molecule has 1 fully saturated rings. The van der Waals surface area contributed by atoms with E-state index in [-0.39, 0.29) is 12.3 Å². The maximum absolute atomic E-state index is 12.3. The van der Waals surface area contributed by atoms with Gasteiger partial charge in [0.25, 0.3) is 0 Å². The van der Waals surface area contributed by atoms with Gasteiger partial charge in [-0.05, 0) is 24.5 Å². The molecule has 2 aliphatic rings. The third-order valence-electron chi connectivity index (χ3n) is 4.75. The molecule has 4 rings (SSSR count). The van der Waals surface area contributed by atoms with Crippen molar-refractivity contribution in [1.29, 1.82) is 0 Å². The lowest BCUT2D eigenvalue weighted by Crippen LogP contribution is -2.23. The minimum absolute atomic E-state index is 0.0438. The fourth-order valence-electron chi connectivity index (χ4n) is 3.17. The Morgan fingerprint density at radius 2 is 2.17 bits per heavy atom. The first kappa shape index (κ1) is 15.1. The number of carbonyl (C=O) groups is 2. The number of fused-ring (bicyclic) bond motifs is 1. The molecule has 1 aliphatic heterocycles. The topological polar surface area (TPSA) is 82.5 Å². The van der Waals surface area contributed by atoms with Gasteiger partial charge in [0.05, 0.1) is 5.41 Å². The minimum Gasteiger partial charge on any atom is -0.481 e. The highest BCUT2D eigenvalue weighted by Gasteiger charge is 2.51. The Hall–Kier alpha value is -2.41. The van der Waals surface area contributed by atoms with Gasteiger partial charge in [0.2, 0.25) is 5.91 Å². The van der Waals surface area contributed by atoms with Gasteiger partial charge in [-0.3, -0.25) is 9.59 Å². The number of aromatic nitrogens is 1. The van der Waals surface area contributed by atoms with Crippen LogP contribution in [0.5, 0.6) is 0 Å². The van der Waals surface area contributed by atoms with E-state index in [1.54, 1.807) is 17.5 Å². The zero-order valence-corrected chi connectivity index (χ0v) is 13.8. The molecule has 1 amide bonds. The number of nitrogens with zero attached hydrogens (tertiary/aromatic N) is 2. The molecule has 0 atom stereocenters. The first-order valence-electron chi connectivity index (χ1n) is 7.86. The lowest BCUT2D eigenvalue weighted by Gasteiger charge is -2.14. The Morgan fingerprint density at radius 1 is 1.33 bits per heavy atom. The third-order valence-corrected chi connectivity index (χ3v) is 5.59. The number of carboxylic acid groups (broad SMARTS) is 1. The molecule has 2 N–H and O–H groups in total. The van der Waals surface area contributed by atoms with E-state index < -0.39 is 11.4 Å². The van der Waals surface area contributed by atoms with Gasteiger partial charge in [-0.1, -0.05) is 12.1 Å². The van der Waals surface area contributed by atoms with Gasteiger partial charge < -0.3 is 15.3 Å². The van der Waals surface area contributed by atoms with Crippen molar-refractivity contribution in [3.05, 3.63) is 40.9 Å². The normalized spacial score (nSPS) is 17.4. The number of hydrogen-bond donors (Lipinski definition) is 2. The first-order chi connectivity index (χ1) is 11.6. The Kier molecular flexibility index (Phi) is 3.53. The predicted molar refractivity (Wildman–Crippen MR) is 91.0 cm³/mol. The van der Waals surface area contributed by atoms with Gasteiger partial charge in [0.15, 0.2) is 5.13 Å². The van der Waals surface area contributed by atoms with Gasteiger partial charge in [-0.25, -0.2) is 4.98 Å². The number of aliphatic carboxylic acids is 1. The van der Waals surface area contributed by atoms with Crippen LogP contribution in [0.4, 0.5) is 10.8 Å². The molecule has 124 valence electrons. The zero-order valence-electron chi connectivity index (χ0n) is 13.0. The third kappa shape index (κ3) is 2.65. The Balaban J connectivity index is 1.49. The lowest BCUT2D eigenvalue weighted by atomic mass is 10.0. The van der Waals surface area contributed by atoms with Gasteiger partial charge >= 0.3 is 5.97 Å². The van der Waals surface area contributed by atoms with Crippen molar-refractivity contribution in [2.45, 2.75) is 32.4 Å². The second kappa shape index (κ2) is 5.59. The average molecular weight is 343 g/mol. The molecule has 7 heteroatoms. The summed E-state index contributed by atoms with van der Waals surface area (Å²) >= 11 is 1.59. The molecule has 0 saturated heterocycles. The molecule has 2 aromatic rings. The molecule has 0 bridgehead atoms. The number of thiazole rings is 1. The van der Waals surface area contributed by atoms with E-state index in [0.29, 0.717) is 19.4 Å². The second-order valence-electron chi connectivity index (χ2n) is 6.42. The van der Waals surface area contributed by atoms with Gasteiger partial charge in [-0.2, -0.15) is 0 Å². The highest BCUT2D eigenvalue weighted by molar-refractivity contribution is 7.13. The number of amides is 1. The summed E-state index contributed by atoms with van der Waals surface area (Å²) in [6.07, 6.45) is 3.00. The van der Waals surface area contributed by atoms with E-state index in [1.165, 1.54) is 5.56 Å². The summed E-state index contributed by atoms with van der Waals surface area (Å²) in [6.45, 7) is 1.47. The summed E-state index contributed by atoms with van der Waals surface area (Å²) in [5.74, 6) is -1.10. The van der Waals surface area contributed by atoms with Crippen molar-refractivity contribution in [3.8, 4) is 0 Å². The largest absolute Gasteiger partial charge is 0.481 e. The number of nitrogens with one attached hydrogen (secondary N) is 1. The summed E-state index contributed by atoms with van der Waals surface area (Å²) < 4.78 is 0. The number of rotatable bonds is 5. The fourth-order valence-corrected chi connectivity index (χ4v) is 3.81. The maximum atomic E-state index is 12.3. The lowest BCUT2D eigenvalue weighted by molar-refractivity contribution is -0.145. The molecule has 2 heterocycles. The van der Waals surface area contributed by atoms with Crippen molar-refractivity contribution in [1.82, 2.24) is 4.98 Å². The van der Waals surface area contributed by atoms with Gasteiger partial charge in [0, 0.05) is 42.3 Å². The van der Waals surface area contributed by atoms with Crippen LogP contribution in [0.25, 0.3) is 0 Å². The van der Waals surface area contributed by atoms with Gasteiger partial charge in [0.1, 0.15) is 0 Å². The van der Waals surface area contributed by atoms with Crippen molar-refractivity contribution in [3.63, 3.8) is 0 Å². The van der Waals surface area contributed by atoms with E-state index in [2.05, 4.69) is 21.3 Å². The minimum atomic E-state index is -0.870. The van der Waals surface area contributed by atoms with Crippen LogP contribution in [0.15, 0.2) is 29.8 Å².